The lowest BCUT2D eigenvalue weighted by molar-refractivity contribution is 1.74. The molecule has 0 aliphatic heterocycles. The molecule has 0 aliphatic rings. The van der Waals surface area contributed by atoms with E-state index in [2.05, 4.69) is 0 Å². The molecule has 3 aromatic rings. The van der Waals surface area contributed by atoms with Crippen LogP contribution in [-0.2, 0) is 0 Å². The van der Waals surface area contributed by atoms with Crippen LogP contribution in [0.3, 0.4) is 0 Å². The summed E-state index contributed by atoms with van der Waals surface area (Å²) in [5.74, 6) is 0. The highest BCUT2D eigenvalue weighted by Crippen LogP contribution is 2.33. The third-order valence-corrected chi connectivity index (χ3v) is 4.77. The Morgan fingerprint density at radius 1 is 0.824 bits per heavy atom. The van der Waals surface area contributed by atoms with Crippen LogP contribution in [0, 0.1) is 0 Å². The quantitative estimate of drug-likeness (QED) is 0.545. The number of halogens is 2. The van der Waals surface area contributed by atoms with E-state index in [9.17, 15) is 4.79 Å². The Hall–Kier alpha value is -1.09. The van der Waals surface area contributed by atoms with Crippen molar-refractivity contribution in [3.63, 3.8) is 0 Å². The normalized spacial score (nSPS) is 11.2. The van der Waals surface area contributed by atoms with Crippen LogP contribution in [0.5, 0.6) is 0 Å². The predicted octanol–water partition coefficient (Wildman–Crippen LogP) is 4.72. The first-order valence-electron chi connectivity index (χ1n) is 4.98. The maximum Gasteiger partial charge on any atom is 0.195 e. The van der Waals surface area contributed by atoms with Crippen molar-refractivity contribution in [3.05, 3.63) is 56.7 Å². The third-order valence-electron chi connectivity index (χ3n) is 2.63. The van der Waals surface area contributed by atoms with E-state index in [1.807, 2.05) is 0 Å². The number of fused-ring (bicyclic) bond motifs is 2. The number of hydrogen-bond acceptors (Lipinski definition) is 2. The van der Waals surface area contributed by atoms with Crippen LogP contribution in [0.4, 0.5) is 0 Å². The molecule has 17 heavy (non-hydrogen) atoms. The molecule has 0 radical (unpaired) electrons. The summed E-state index contributed by atoms with van der Waals surface area (Å²) < 4.78 is 1.58. The minimum atomic E-state index is -0.0150. The van der Waals surface area contributed by atoms with Gasteiger partial charge >= 0.3 is 0 Å². The van der Waals surface area contributed by atoms with E-state index in [-0.39, 0.29) is 5.43 Å². The maximum atomic E-state index is 12.3. The fourth-order valence-electron chi connectivity index (χ4n) is 1.83. The fraction of sp³-hybridized carbons (Fsp3) is 0. The molecular weight excluding hydrogens is 275 g/mol. The topological polar surface area (TPSA) is 17.1 Å². The second-order valence-corrected chi connectivity index (χ2v) is 5.50. The average Bonchev–Trinajstić information content (AvgIpc) is 2.32. The van der Waals surface area contributed by atoms with Crippen molar-refractivity contribution in [1.29, 1.82) is 0 Å². The van der Waals surface area contributed by atoms with E-state index >= 15 is 0 Å². The van der Waals surface area contributed by atoms with Crippen LogP contribution in [0.15, 0.2) is 41.2 Å². The minimum absolute atomic E-state index is 0.0150. The van der Waals surface area contributed by atoms with Crippen molar-refractivity contribution < 1.29 is 0 Å². The third kappa shape index (κ3) is 1.64. The molecule has 0 N–H and O–H groups in total. The van der Waals surface area contributed by atoms with E-state index in [0.29, 0.717) is 20.8 Å². The standard InChI is InChI=1S/C13H6Cl2OS/c14-9-5-1-3-7-11(16)8-4-2-6-10(15)13(8)17-12(7)9/h1-6H. The summed E-state index contributed by atoms with van der Waals surface area (Å²) in [5.41, 5.74) is -0.0150. The smallest absolute Gasteiger partial charge is 0.195 e. The van der Waals surface area contributed by atoms with E-state index < -0.39 is 0 Å². The molecule has 0 saturated carbocycles. The first-order chi connectivity index (χ1) is 8.18. The number of rotatable bonds is 0. The zero-order valence-corrected chi connectivity index (χ0v) is 10.9. The van der Waals surface area contributed by atoms with E-state index in [1.54, 1.807) is 36.4 Å². The lowest BCUT2D eigenvalue weighted by Gasteiger charge is -2.03. The van der Waals surface area contributed by atoms with Gasteiger partial charge in [0.25, 0.3) is 0 Å². The maximum absolute atomic E-state index is 12.3. The molecule has 1 nitrogen and oxygen atoms in total. The van der Waals surface area contributed by atoms with Crippen molar-refractivity contribution in [2.75, 3.05) is 0 Å². The Morgan fingerprint density at radius 3 is 1.76 bits per heavy atom. The Kier molecular flexibility index (Phi) is 2.58. The van der Waals surface area contributed by atoms with Crippen molar-refractivity contribution in [1.82, 2.24) is 0 Å². The molecule has 0 atom stereocenters. The fourth-order valence-corrected chi connectivity index (χ4v) is 3.49. The zero-order chi connectivity index (χ0) is 12.0. The van der Waals surface area contributed by atoms with Crippen LogP contribution >= 0.6 is 34.5 Å². The second kappa shape index (κ2) is 3.98. The van der Waals surface area contributed by atoms with Gasteiger partial charge in [-0.05, 0) is 24.3 Å². The lowest BCUT2D eigenvalue weighted by Crippen LogP contribution is -2.00. The first kappa shape index (κ1) is 11.0. The summed E-state index contributed by atoms with van der Waals surface area (Å²) in [6, 6.07) is 10.7. The van der Waals surface area contributed by atoms with Crippen molar-refractivity contribution in [3.8, 4) is 0 Å². The van der Waals surface area contributed by atoms with Gasteiger partial charge in [-0.1, -0.05) is 35.3 Å². The van der Waals surface area contributed by atoms with E-state index in [0.717, 1.165) is 9.40 Å². The van der Waals surface area contributed by atoms with Gasteiger partial charge in [0.1, 0.15) is 0 Å². The molecule has 1 heterocycles. The van der Waals surface area contributed by atoms with Gasteiger partial charge < -0.3 is 0 Å². The summed E-state index contributed by atoms with van der Waals surface area (Å²) in [5, 5.41) is 2.48. The molecule has 0 aliphatic carbocycles. The zero-order valence-electron chi connectivity index (χ0n) is 8.54. The summed E-state index contributed by atoms with van der Waals surface area (Å²) >= 11 is 13.7. The van der Waals surface area contributed by atoms with Crippen LogP contribution in [-0.4, -0.2) is 0 Å². The minimum Gasteiger partial charge on any atom is -0.289 e. The van der Waals surface area contributed by atoms with Crippen LogP contribution in [0.2, 0.25) is 10.0 Å². The molecule has 0 bridgehead atoms. The summed E-state index contributed by atoms with van der Waals surface area (Å²) in [4.78, 5) is 12.3. The highest BCUT2D eigenvalue weighted by atomic mass is 35.5. The van der Waals surface area contributed by atoms with Gasteiger partial charge in [-0.25, -0.2) is 0 Å². The van der Waals surface area contributed by atoms with Gasteiger partial charge in [0, 0.05) is 10.8 Å². The van der Waals surface area contributed by atoms with Crippen molar-refractivity contribution in [2.45, 2.75) is 0 Å². The molecule has 0 unspecified atom stereocenters. The van der Waals surface area contributed by atoms with Gasteiger partial charge in [0.05, 0.1) is 19.4 Å². The highest BCUT2D eigenvalue weighted by Gasteiger charge is 2.09. The molecule has 0 fully saturated rings. The van der Waals surface area contributed by atoms with E-state index in [1.165, 1.54) is 11.3 Å². The van der Waals surface area contributed by atoms with E-state index in [4.69, 9.17) is 23.2 Å². The Balaban J connectivity index is 2.68. The van der Waals surface area contributed by atoms with Gasteiger partial charge in [-0.15, -0.1) is 11.3 Å². The summed E-state index contributed by atoms with van der Waals surface area (Å²) in [6.07, 6.45) is 0. The van der Waals surface area contributed by atoms with Gasteiger partial charge in [0.2, 0.25) is 0 Å². The monoisotopic (exact) mass is 280 g/mol. The predicted molar refractivity (Wildman–Crippen MR) is 75.6 cm³/mol. The first-order valence-corrected chi connectivity index (χ1v) is 6.55. The van der Waals surface area contributed by atoms with Crippen molar-refractivity contribution >= 4 is 54.7 Å². The average molecular weight is 281 g/mol. The molecule has 2 aromatic carbocycles. The molecule has 84 valence electrons. The lowest BCUT2D eigenvalue weighted by atomic mass is 10.2. The Morgan fingerprint density at radius 2 is 1.29 bits per heavy atom. The van der Waals surface area contributed by atoms with Crippen LogP contribution in [0.1, 0.15) is 0 Å². The summed E-state index contributed by atoms with van der Waals surface area (Å²) in [7, 11) is 0. The molecular formula is C13H6Cl2OS. The Labute approximate surface area is 111 Å². The molecule has 0 saturated heterocycles. The van der Waals surface area contributed by atoms with Crippen LogP contribution < -0.4 is 5.43 Å². The number of benzene rings is 2. The summed E-state index contributed by atoms with van der Waals surface area (Å²) in [6.45, 7) is 0. The van der Waals surface area contributed by atoms with Gasteiger partial charge in [-0.3, -0.25) is 4.79 Å². The van der Waals surface area contributed by atoms with Gasteiger partial charge in [0.15, 0.2) is 5.43 Å². The van der Waals surface area contributed by atoms with Crippen LogP contribution in [0.25, 0.3) is 20.2 Å². The molecule has 0 amide bonds. The molecule has 0 spiro atoms. The second-order valence-electron chi connectivity index (χ2n) is 3.66. The SMILES string of the molecule is O=c1c2cccc(Cl)c2sc2c(Cl)cccc12. The number of hydrogen-bond donors (Lipinski definition) is 0. The van der Waals surface area contributed by atoms with Crippen molar-refractivity contribution in [2.24, 2.45) is 0 Å². The Bertz CT molecular complexity index is 729. The molecule has 4 heteroatoms. The largest absolute Gasteiger partial charge is 0.289 e. The molecule has 3 rings (SSSR count). The van der Waals surface area contributed by atoms with Gasteiger partial charge in [-0.2, -0.15) is 0 Å². The molecule has 1 aromatic heterocycles. The highest BCUT2D eigenvalue weighted by molar-refractivity contribution is 7.25.